The largest absolute Gasteiger partial charge is 0.326 e. The van der Waals surface area contributed by atoms with Crippen LogP contribution in [0.4, 0.5) is 17.1 Å². The molecule has 3 N–H and O–H groups in total. The van der Waals surface area contributed by atoms with Gasteiger partial charge in [0.2, 0.25) is 5.91 Å². The summed E-state index contributed by atoms with van der Waals surface area (Å²) in [5, 5.41) is 5.61. The van der Waals surface area contributed by atoms with E-state index in [4.69, 9.17) is 0 Å². The topological polar surface area (TPSA) is 104 Å². The Balaban J connectivity index is 1.62. The van der Waals surface area contributed by atoms with Crippen LogP contribution in [0.2, 0.25) is 0 Å². The smallest absolute Gasteiger partial charge is 0.261 e. The molecule has 0 aliphatic rings. The highest BCUT2D eigenvalue weighted by molar-refractivity contribution is 7.92. The second-order valence-electron chi connectivity index (χ2n) is 8.03. The lowest BCUT2D eigenvalue weighted by atomic mass is 10.0. The Bertz CT molecular complexity index is 1230. The van der Waals surface area contributed by atoms with Gasteiger partial charge in [0.1, 0.15) is 0 Å². The van der Waals surface area contributed by atoms with Crippen LogP contribution in [-0.4, -0.2) is 20.2 Å². The summed E-state index contributed by atoms with van der Waals surface area (Å²) in [6.45, 7) is 5.88. The van der Waals surface area contributed by atoms with Crippen molar-refractivity contribution < 1.29 is 18.0 Å². The van der Waals surface area contributed by atoms with Crippen LogP contribution in [-0.2, 0) is 14.8 Å². The highest BCUT2D eigenvalue weighted by Gasteiger charge is 2.16. The van der Waals surface area contributed by atoms with Gasteiger partial charge in [-0.15, -0.1) is 0 Å². The first-order valence-electron chi connectivity index (χ1n) is 11.1. The first-order chi connectivity index (χ1) is 16.2. The molecule has 3 aromatic carbocycles. The molecule has 0 radical (unpaired) electrons. The molecular weight excluding hydrogens is 450 g/mol. The maximum Gasteiger partial charge on any atom is 0.261 e. The van der Waals surface area contributed by atoms with Crippen LogP contribution in [0.25, 0.3) is 0 Å². The summed E-state index contributed by atoms with van der Waals surface area (Å²) in [6.07, 6.45) is 1.54. The molecule has 34 heavy (non-hydrogen) atoms. The minimum absolute atomic E-state index is 0.0332. The van der Waals surface area contributed by atoms with Crippen molar-refractivity contribution in [1.82, 2.24) is 0 Å². The molecule has 3 aromatic rings. The molecule has 0 aliphatic heterocycles. The number of amides is 2. The van der Waals surface area contributed by atoms with Gasteiger partial charge < -0.3 is 10.6 Å². The normalized spacial score (nSPS) is 11.2. The molecule has 0 spiro atoms. The summed E-state index contributed by atoms with van der Waals surface area (Å²) in [4.78, 5) is 24.9. The van der Waals surface area contributed by atoms with Gasteiger partial charge in [0, 0.05) is 28.5 Å². The maximum absolute atomic E-state index is 12.6. The van der Waals surface area contributed by atoms with E-state index in [1.807, 2.05) is 32.9 Å². The quantitative estimate of drug-likeness (QED) is 0.381. The predicted molar refractivity (Wildman–Crippen MR) is 136 cm³/mol. The minimum Gasteiger partial charge on any atom is -0.326 e. The number of sulfonamides is 1. The monoisotopic (exact) mass is 479 g/mol. The number of anilines is 3. The third-order valence-electron chi connectivity index (χ3n) is 5.50. The van der Waals surface area contributed by atoms with Crippen molar-refractivity contribution in [2.45, 2.75) is 38.5 Å². The van der Waals surface area contributed by atoms with Crippen LogP contribution in [0, 0.1) is 12.8 Å². The summed E-state index contributed by atoms with van der Waals surface area (Å²) in [6, 6.07) is 19.6. The van der Waals surface area contributed by atoms with Crippen LogP contribution in [0.5, 0.6) is 0 Å². The summed E-state index contributed by atoms with van der Waals surface area (Å²) >= 11 is 0. The van der Waals surface area contributed by atoms with Crippen LogP contribution < -0.4 is 15.4 Å². The van der Waals surface area contributed by atoms with Gasteiger partial charge in [-0.2, -0.15) is 0 Å². The molecule has 0 saturated heterocycles. The summed E-state index contributed by atoms with van der Waals surface area (Å²) in [5.41, 5.74) is 3.01. The lowest BCUT2D eigenvalue weighted by Gasteiger charge is -2.13. The van der Waals surface area contributed by atoms with Crippen molar-refractivity contribution >= 4 is 38.9 Å². The number of aryl methyl sites for hydroxylation is 1. The van der Waals surface area contributed by atoms with E-state index in [1.54, 1.807) is 36.4 Å². The number of hydrogen-bond donors (Lipinski definition) is 3. The zero-order valence-electron chi connectivity index (χ0n) is 19.5. The van der Waals surface area contributed by atoms with Crippen LogP contribution >= 0.6 is 0 Å². The maximum atomic E-state index is 12.6. The van der Waals surface area contributed by atoms with E-state index in [9.17, 15) is 18.0 Å². The average molecular weight is 480 g/mol. The molecule has 0 heterocycles. The minimum atomic E-state index is -3.75. The van der Waals surface area contributed by atoms with Crippen molar-refractivity contribution in [3.8, 4) is 0 Å². The van der Waals surface area contributed by atoms with E-state index in [1.165, 1.54) is 24.3 Å². The number of nitrogens with one attached hydrogen (secondary N) is 3. The number of rotatable bonds is 9. The molecule has 0 atom stereocenters. The van der Waals surface area contributed by atoms with E-state index in [-0.39, 0.29) is 22.6 Å². The van der Waals surface area contributed by atoms with Gasteiger partial charge in [-0.1, -0.05) is 31.5 Å². The molecule has 8 heteroatoms. The van der Waals surface area contributed by atoms with Gasteiger partial charge in [0.15, 0.2) is 0 Å². The molecule has 0 aliphatic carbocycles. The van der Waals surface area contributed by atoms with Crippen LogP contribution in [0.3, 0.4) is 0 Å². The highest BCUT2D eigenvalue weighted by atomic mass is 32.2. The van der Waals surface area contributed by atoms with Gasteiger partial charge in [-0.25, -0.2) is 8.42 Å². The first kappa shape index (κ1) is 25.0. The van der Waals surface area contributed by atoms with Crippen molar-refractivity contribution in [2.75, 3.05) is 15.4 Å². The van der Waals surface area contributed by atoms with Gasteiger partial charge in [-0.3, -0.25) is 14.3 Å². The molecule has 0 bridgehead atoms. The second-order valence-corrected chi connectivity index (χ2v) is 9.71. The van der Waals surface area contributed by atoms with Crippen molar-refractivity contribution in [2.24, 2.45) is 5.92 Å². The lowest BCUT2D eigenvalue weighted by molar-refractivity contribution is -0.120. The second kappa shape index (κ2) is 11.0. The van der Waals surface area contributed by atoms with Crippen LogP contribution in [0.15, 0.2) is 77.7 Å². The van der Waals surface area contributed by atoms with Crippen molar-refractivity contribution in [1.29, 1.82) is 0 Å². The van der Waals surface area contributed by atoms with E-state index in [0.29, 0.717) is 22.6 Å². The van der Waals surface area contributed by atoms with Gasteiger partial charge in [-0.05, 0) is 80.4 Å². The first-order valence-corrected chi connectivity index (χ1v) is 12.6. The Hall–Kier alpha value is -3.65. The number of carbonyl (C=O) groups is 2. The fourth-order valence-corrected chi connectivity index (χ4v) is 4.42. The van der Waals surface area contributed by atoms with E-state index < -0.39 is 10.0 Å². The van der Waals surface area contributed by atoms with Gasteiger partial charge in [0.25, 0.3) is 15.9 Å². The molecule has 3 rings (SSSR count). The molecule has 2 amide bonds. The van der Waals surface area contributed by atoms with Gasteiger partial charge >= 0.3 is 0 Å². The van der Waals surface area contributed by atoms with E-state index in [0.717, 1.165) is 18.4 Å². The Labute approximate surface area is 200 Å². The average Bonchev–Trinajstić information content (AvgIpc) is 2.82. The molecule has 7 nitrogen and oxygen atoms in total. The summed E-state index contributed by atoms with van der Waals surface area (Å²) in [7, 11) is -3.75. The number of hydrogen-bond acceptors (Lipinski definition) is 4. The number of benzene rings is 3. The van der Waals surface area contributed by atoms with Gasteiger partial charge in [0.05, 0.1) is 4.90 Å². The van der Waals surface area contributed by atoms with Crippen LogP contribution in [0.1, 0.15) is 42.6 Å². The molecular formula is C26H29N3O4S. The van der Waals surface area contributed by atoms with E-state index in [2.05, 4.69) is 15.4 Å². The molecule has 0 aromatic heterocycles. The SMILES string of the molecule is CCC(CC)C(=O)Nc1ccc(C(=O)Nc2ccc(S(=O)(=O)Nc3ccc(C)cc3)cc2)cc1. The zero-order chi connectivity index (χ0) is 24.7. The summed E-state index contributed by atoms with van der Waals surface area (Å²) in [5.74, 6) is -0.415. The third-order valence-corrected chi connectivity index (χ3v) is 6.89. The van der Waals surface area contributed by atoms with Crippen molar-refractivity contribution in [3.05, 3.63) is 83.9 Å². The summed E-state index contributed by atoms with van der Waals surface area (Å²) < 4.78 is 27.7. The zero-order valence-corrected chi connectivity index (χ0v) is 20.3. The molecule has 0 saturated carbocycles. The fourth-order valence-electron chi connectivity index (χ4n) is 3.37. The van der Waals surface area contributed by atoms with Crippen molar-refractivity contribution in [3.63, 3.8) is 0 Å². The molecule has 0 fully saturated rings. The number of carbonyl (C=O) groups excluding carboxylic acids is 2. The highest BCUT2D eigenvalue weighted by Crippen LogP contribution is 2.20. The third kappa shape index (κ3) is 6.45. The fraction of sp³-hybridized carbons (Fsp3) is 0.231. The predicted octanol–water partition coefficient (Wildman–Crippen LogP) is 5.42. The Morgan fingerprint density at radius 2 is 1.24 bits per heavy atom. The Morgan fingerprint density at radius 1 is 0.735 bits per heavy atom. The van der Waals surface area contributed by atoms with E-state index >= 15 is 0 Å². The standard InChI is InChI=1S/C26H29N3O4S/c1-4-19(5-2)25(30)27-21-12-8-20(9-13-21)26(31)28-22-14-16-24(17-15-22)34(32,33)29-23-10-6-18(3)7-11-23/h6-17,19,29H,4-5H2,1-3H3,(H,27,30)(H,28,31). The molecule has 0 unspecified atom stereocenters. The Kier molecular flexibility index (Phi) is 8.07. The molecule has 178 valence electrons. The lowest BCUT2D eigenvalue weighted by Crippen LogP contribution is -2.21. The Morgan fingerprint density at radius 3 is 1.79 bits per heavy atom.